The summed E-state index contributed by atoms with van der Waals surface area (Å²) in [4.78, 5) is 33.3. The number of amides is 2. The van der Waals surface area contributed by atoms with Crippen LogP contribution in [0.4, 0.5) is 5.69 Å². The smallest absolute Gasteiger partial charge is 0.265 e. The molecule has 4 N–H and O–H groups in total. The Labute approximate surface area is 185 Å². The predicted octanol–water partition coefficient (Wildman–Crippen LogP) is 2.90. The maximum absolute atomic E-state index is 12.2. The number of aromatic nitrogens is 1. The van der Waals surface area contributed by atoms with Gasteiger partial charge in [-0.05, 0) is 49.4 Å². The number of para-hydroxylation sites is 1. The molecule has 9 nitrogen and oxygen atoms in total. The number of benzene rings is 2. The van der Waals surface area contributed by atoms with Crippen molar-refractivity contribution in [2.75, 3.05) is 18.5 Å². The molecule has 32 heavy (non-hydrogen) atoms. The number of nitrogens with one attached hydrogen (secondary N) is 2. The fraction of sp³-hybridized carbons (Fsp3) is 0.130. The molecule has 0 aliphatic rings. The summed E-state index contributed by atoms with van der Waals surface area (Å²) in [5.41, 5.74) is 7.32. The Morgan fingerprint density at radius 3 is 2.66 bits per heavy atom. The predicted molar refractivity (Wildman–Crippen MR) is 121 cm³/mol. The second-order valence-corrected chi connectivity index (χ2v) is 6.51. The van der Waals surface area contributed by atoms with E-state index in [0.717, 1.165) is 0 Å². The van der Waals surface area contributed by atoms with Crippen LogP contribution in [0.3, 0.4) is 0 Å². The summed E-state index contributed by atoms with van der Waals surface area (Å²) < 4.78 is 5.75. The van der Waals surface area contributed by atoms with Crippen LogP contribution in [-0.4, -0.2) is 35.8 Å². The molecule has 2 aromatic carbocycles. The number of anilines is 1. The maximum atomic E-state index is 12.2. The monoisotopic (exact) mass is 433 g/mol. The van der Waals surface area contributed by atoms with E-state index in [-0.39, 0.29) is 24.2 Å². The molecule has 3 aromatic rings. The van der Waals surface area contributed by atoms with Crippen molar-refractivity contribution in [1.82, 2.24) is 10.3 Å². The highest BCUT2D eigenvalue weighted by atomic mass is 16.6. The summed E-state index contributed by atoms with van der Waals surface area (Å²) in [6, 6.07) is 19.1. The van der Waals surface area contributed by atoms with Crippen LogP contribution in [0.25, 0.3) is 0 Å². The van der Waals surface area contributed by atoms with Crippen LogP contribution in [0.2, 0.25) is 0 Å². The molecule has 0 atom stereocenters. The highest BCUT2D eigenvalue weighted by molar-refractivity contribution is 5.99. The average Bonchev–Trinajstić information content (AvgIpc) is 2.80. The van der Waals surface area contributed by atoms with E-state index in [1.165, 1.54) is 0 Å². The zero-order valence-electron chi connectivity index (χ0n) is 17.4. The molecule has 0 radical (unpaired) electrons. The molecule has 1 heterocycles. The number of ether oxygens (including phenoxy) is 1. The first kappa shape index (κ1) is 22.3. The van der Waals surface area contributed by atoms with Crippen LogP contribution >= 0.6 is 0 Å². The number of oxime groups is 1. The number of carbonyl (C=O) groups excluding carboxylic acids is 2. The Kier molecular flexibility index (Phi) is 7.74. The van der Waals surface area contributed by atoms with Crippen molar-refractivity contribution in [3.05, 3.63) is 84.1 Å². The van der Waals surface area contributed by atoms with Gasteiger partial charge in [-0.2, -0.15) is 0 Å². The van der Waals surface area contributed by atoms with E-state index in [1.54, 1.807) is 54.7 Å². The SMILES string of the molecule is CCNC(=O)c1cccc(NC(=O)CO/N=C(/N)c2cccnc2Oc2ccccc2)c1. The summed E-state index contributed by atoms with van der Waals surface area (Å²) in [6.07, 6.45) is 1.57. The molecule has 164 valence electrons. The lowest BCUT2D eigenvalue weighted by Crippen LogP contribution is -2.23. The van der Waals surface area contributed by atoms with E-state index >= 15 is 0 Å². The number of hydrogen-bond acceptors (Lipinski definition) is 6. The number of hydrogen-bond donors (Lipinski definition) is 3. The molecule has 9 heteroatoms. The number of pyridine rings is 1. The van der Waals surface area contributed by atoms with Gasteiger partial charge in [-0.3, -0.25) is 9.59 Å². The van der Waals surface area contributed by atoms with Gasteiger partial charge >= 0.3 is 0 Å². The van der Waals surface area contributed by atoms with Gasteiger partial charge in [-0.1, -0.05) is 29.4 Å². The van der Waals surface area contributed by atoms with Gasteiger partial charge in [0.25, 0.3) is 11.8 Å². The topological polar surface area (TPSA) is 128 Å². The summed E-state index contributed by atoms with van der Waals surface area (Å²) in [7, 11) is 0. The number of nitrogens with two attached hydrogens (primary N) is 1. The standard InChI is InChI=1S/C23H23N5O4/c1-2-25-22(30)16-8-6-9-17(14-16)27-20(29)15-31-28-21(24)19-12-7-13-26-23(19)32-18-10-4-3-5-11-18/h3-14H,2,15H2,1H3,(H2,24,28)(H,25,30)(H,27,29). The third kappa shape index (κ3) is 6.30. The zero-order chi connectivity index (χ0) is 22.8. The largest absolute Gasteiger partial charge is 0.438 e. The lowest BCUT2D eigenvalue weighted by atomic mass is 10.2. The highest BCUT2D eigenvalue weighted by Gasteiger charge is 2.12. The summed E-state index contributed by atoms with van der Waals surface area (Å²) in [5.74, 6) is 0.185. The molecular weight excluding hydrogens is 410 g/mol. The van der Waals surface area contributed by atoms with Crippen LogP contribution in [0.15, 0.2) is 78.1 Å². The number of rotatable bonds is 9. The van der Waals surface area contributed by atoms with Gasteiger partial charge < -0.3 is 25.9 Å². The Morgan fingerprint density at radius 2 is 1.88 bits per heavy atom. The van der Waals surface area contributed by atoms with Crippen molar-refractivity contribution >= 4 is 23.3 Å². The van der Waals surface area contributed by atoms with E-state index < -0.39 is 5.91 Å². The molecule has 1 aromatic heterocycles. The minimum atomic E-state index is -0.457. The number of carbonyl (C=O) groups is 2. The minimum Gasteiger partial charge on any atom is -0.438 e. The van der Waals surface area contributed by atoms with Crippen molar-refractivity contribution in [3.63, 3.8) is 0 Å². The van der Waals surface area contributed by atoms with Crippen molar-refractivity contribution in [2.45, 2.75) is 6.92 Å². The maximum Gasteiger partial charge on any atom is 0.265 e. The van der Waals surface area contributed by atoms with Crippen molar-refractivity contribution in [3.8, 4) is 11.6 Å². The van der Waals surface area contributed by atoms with Gasteiger partial charge in [0.05, 0.1) is 5.56 Å². The molecule has 0 fully saturated rings. The summed E-state index contributed by atoms with van der Waals surface area (Å²) >= 11 is 0. The Balaban J connectivity index is 1.59. The fourth-order valence-corrected chi connectivity index (χ4v) is 2.67. The molecule has 0 aliphatic carbocycles. The number of amidine groups is 1. The van der Waals surface area contributed by atoms with E-state index in [2.05, 4.69) is 20.8 Å². The number of nitrogens with zero attached hydrogens (tertiary/aromatic N) is 2. The lowest BCUT2D eigenvalue weighted by molar-refractivity contribution is -0.120. The zero-order valence-corrected chi connectivity index (χ0v) is 17.4. The van der Waals surface area contributed by atoms with Crippen LogP contribution in [0, 0.1) is 0 Å². The summed E-state index contributed by atoms with van der Waals surface area (Å²) in [5, 5.41) is 9.14. The molecule has 0 bridgehead atoms. The van der Waals surface area contributed by atoms with E-state index in [0.29, 0.717) is 29.1 Å². The van der Waals surface area contributed by atoms with E-state index in [4.69, 9.17) is 15.3 Å². The average molecular weight is 433 g/mol. The Hall–Kier alpha value is -4.40. The molecular formula is C23H23N5O4. The molecule has 0 spiro atoms. The highest BCUT2D eigenvalue weighted by Crippen LogP contribution is 2.22. The first-order valence-electron chi connectivity index (χ1n) is 9.88. The third-order valence-corrected chi connectivity index (χ3v) is 4.11. The molecule has 2 amide bonds. The molecule has 0 unspecified atom stereocenters. The molecule has 0 aliphatic heterocycles. The van der Waals surface area contributed by atoms with Gasteiger partial charge in [0, 0.05) is 24.0 Å². The van der Waals surface area contributed by atoms with Gasteiger partial charge in [0.15, 0.2) is 12.4 Å². The second kappa shape index (κ2) is 11.1. The molecule has 0 saturated carbocycles. The Morgan fingerprint density at radius 1 is 1.06 bits per heavy atom. The van der Waals surface area contributed by atoms with Crippen LogP contribution < -0.4 is 21.1 Å². The lowest BCUT2D eigenvalue weighted by Gasteiger charge is -2.09. The van der Waals surface area contributed by atoms with Crippen LogP contribution in [0.5, 0.6) is 11.6 Å². The first-order valence-corrected chi connectivity index (χ1v) is 9.88. The van der Waals surface area contributed by atoms with Gasteiger partial charge in [0.2, 0.25) is 5.88 Å². The van der Waals surface area contributed by atoms with E-state index in [9.17, 15) is 9.59 Å². The first-order chi connectivity index (χ1) is 15.6. The van der Waals surface area contributed by atoms with Crippen LogP contribution in [-0.2, 0) is 9.63 Å². The summed E-state index contributed by atoms with van der Waals surface area (Å²) in [6.45, 7) is 1.97. The van der Waals surface area contributed by atoms with Crippen molar-refractivity contribution < 1.29 is 19.2 Å². The van der Waals surface area contributed by atoms with E-state index in [1.807, 2.05) is 25.1 Å². The normalized spacial score (nSPS) is 10.8. The minimum absolute atomic E-state index is 0.00932. The van der Waals surface area contributed by atoms with Crippen LogP contribution in [0.1, 0.15) is 22.8 Å². The second-order valence-electron chi connectivity index (χ2n) is 6.51. The molecule has 3 rings (SSSR count). The quantitative estimate of drug-likeness (QED) is 0.270. The Bertz CT molecular complexity index is 1100. The van der Waals surface area contributed by atoms with Gasteiger partial charge in [-0.25, -0.2) is 4.98 Å². The van der Waals surface area contributed by atoms with Gasteiger partial charge in [0.1, 0.15) is 5.75 Å². The fourth-order valence-electron chi connectivity index (χ4n) is 2.67. The third-order valence-electron chi connectivity index (χ3n) is 4.11. The molecule has 0 saturated heterocycles. The van der Waals surface area contributed by atoms with Crippen molar-refractivity contribution in [1.29, 1.82) is 0 Å². The van der Waals surface area contributed by atoms with Gasteiger partial charge in [-0.15, -0.1) is 0 Å². The van der Waals surface area contributed by atoms with Crippen molar-refractivity contribution in [2.24, 2.45) is 10.9 Å².